The van der Waals surface area contributed by atoms with Gasteiger partial charge in [0.1, 0.15) is 0 Å². The molecule has 1 rings (SSSR count). The van der Waals surface area contributed by atoms with E-state index < -0.39 is 19.9 Å². The van der Waals surface area contributed by atoms with Crippen LogP contribution in [0.15, 0.2) is 10.1 Å². The second-order valence-electron chi connectivity index (χ2n) is 5.17. The molecule has 0 spiro atoms. The van der Waals surface area contributed by atoms with E-state index in [9.17, 15) is 13.6 Å². The molecule has 0 aromatic carbocycles. The van der Waals surface area contributed by atoms with Gasteiger partial charge in [-0.1, -0.05) is 15.9 Å². The molecule has 0 saturated heterocycles. The van der Waals surface area contributed by atoms with Crippen molar-refractivity contribution in [3.05, 3.63) is 10.1 Å². The van der Waals surface area contributed by atoms with E-state index in [1.807, 2.05) is 27.7 Å². The van der Waals surface area contributed by atoms with Gasteiger partial charge in [-0.25, -0.2) is 8.42 Å². The first-order valence-corrected chi connectivity index (χ1v) is 9.31. The van der Waals surface area contributed by atoms with Crippen LogP contribution < -0.4 is 0 Å². The van der Waals surface area contributed by atoms with Crippen LogP contribution in [0.25, 0.3) is 0 Å². The van der Waals surface area contributed by atoms with Crippen molar-refractivity contribution in [2.75, 3.05) is 12.0 Å². The summed E-state index contributed by atoms with van der Waals surface area (Å²) in [6.45, 7) is 7.27. The monoisotopic (exact) mass is 342 g/mol. The third-order valence-corrected chi connectivity index (χ3v) is 6.90. The van der Waals surface area contributed by atoms with Gasteiger partial charge >= 0.3 is 0 Å². The lowest BCUT2D eigenvalue weighted by atomic mass is 9.98. The fraction of sp³-hybridized carbons (Fsp3) is 0.800. The standard InChI is InChI=1S/C10H17BrNO3S2/c1-9(2)7(6-16-17(5,14)15)8(11)10(3,4)12(9)13/h6H2,1-5H3. The molecule has 1 radical (unpaired) electrons. The lowest BCUT2D eigenvalue weighted by molar-refractivity contribution is -0.238. The molecule has 0 atom stereocenters. The topological polar surface area (TPSA) is 57.3 Å². The number of hydrogen-bond donors (Lipinski definition) is 0. The minimum Gasteiger partial charge on any atom is -0.218 e. The van der Waals surface area contributed by atoms with Crippen LogP contribution in [0.3, 0.4) is 0 Å². The lowest BCUT2D eigenvalue weighted by Gasteiger charge is -2.34. The molecular formula is C10H17BrNO3S2. The van der Waals surface area contributed by atoms with Gasteiger partial charge in [0, 0.05) is 16.5 Å². The van der Waals surface area contributed by atoms with E-state index in [2.05, 4.69) is 15.9 Å². The van der Waals surface area contributed by atoms with Crippen LogP contribution in [0.5, 0.6) is 0 Å². The zero-order valence-electron chi connectivity index (χ0n) is 10.6. The van der Waals surface area contributed by atoms with Gasteiger partial charge in [0.2, 0.25) is 0 Å². The van der Waals surface area contributed by atoms with Gasteiger partial charge in [0.15, 0.2) is 8.87 Å². The van der Waals surface area contributed by atoms with Crippen LogP contribution in [0, 0.1) is 0 Å². The molecule has 1 aliphatic rings. The molecule has 0 bridgehead atoms. The van der Waals surface area contributed by atoms with E-state index in [4.69, 9.17) is 0 Å². The number of nitrogens with zero attached hydrogens (tertiary/aromatic N) is 1. The Bertz CT molecular complexity index is 454. The maximum atomic E-state index is 12.2. The van der Waals surface area contributed by atoms with E-state index in [1.54, 1.807) is 0 Å². The molecule has 0 saturated carbocycles. The summed E-state index contributed by atoms with van der Waals surface area (Å²) in [6, 6.07) is 0. The Labute approximate surface area is 115 Å². The van der Waals surface area contributed by atoms with Gasteiger partial charge in [-0.2, -0.15) is 0 Å². The lowest BCUT2D eigenvalue weighted by Crippen LogP contribution is -2.47. The summed E-state index contributed by atoms with van der Waals surface area (Å²) in [4.78, 5) is 0. The number of rotatable bonds is 3. The van der Waals surface area contributed by atoms with Gasteiger partial charge in [-0.15, -0.1) is 10.3 Å². The van der Waals surface area contributed by atoms with Gasteiger partial charge in [0.25, 0.3) is 0 Å². The third-order valence-electron chi connectivity index (χ3n) is 2.97. The average Bonchev–Trinajstić information content (AvgIpc) is 2.23. The Morgan fingerprint density at radius 2 is 1.71 bits per heavy atom. The highest BCUT2D eigenvalue weighted by atomic mass is 79.9. The summed E-state index contributed by atoms with van der Waals surface area (Å²) < 4.78 is 23.2. The summed E-state index contributed by atoms with van der Waals surface area (Å²) in [5.41, 5.74) is -0.482. The Balaban J connectivity index is 3.08. The summed E-state index contributed by atoms with van der Waals surface area (Å²) in [5.74, 6) is 0.314. The van der Waals surface area contributed by atoms with Crippen LogP contribution in [0.2, 0.25) is 0 Å². The zero-order valence-corrected chi connectivity index (χ0v) is 13.8. The highest BCUT2D eigenvalue weighted by molar-refractivity contribution is 9.11. The van der Waals surface area contributed by atoms with Crippen LogP contribution in [0.4, 0.5) is 0 Å². The van der Waals surface area contributed by atoms with Crippen molar-refractivity contribution >= 4 is 35.6 Å². The summed E-state index contributed by atoms with van der Waals surface area (Å²) in [7, 11) is -2.24. The molecule has 1 heterocycles. The van der Waals surface area contributed by atoms with E-state index in [-0.39, 0.29) is 0 Å². The average molecular weight is 343 g/mol. The van der Waals surface area contributed by atoms with E-state index >= 15 is 0 Å². The highest BCUT2D eigenvalue weighted by Crippen LogP contribution is 2.47. The highest BCUT2D eigenvalue weighted by Gasteiger charge is 2.50. The molecule has 0 aromatic rings. The first-order valence-electron chi connectivity index (χ1n) is 5.12. The smallest absolute Gasteiger partial charge is 0.199 e. The summed E-state index contributed by atoms with van der Waals surface area (Å²) in [6.07, 6.45) is 1.17. The molecule has 17 heavy (non-hydrogen) atoms. The fourth-order valence-corrected chi connectivity index (χ4v) is 4.75. The second-order valence-corrected chi connectivity index (χ2v) is 10.4. The van der Waals surface area contributed by atoms with Gasteiger partial charge in [0.05, 0.1) is 11.1 Å². The van der Waals surface area contributed by atoms with Crippen molar-refractivity contribution in [3.63, 3.8) is 0 Å². The minimum absolute atomic E-state index is 0.314. The first kappa shape index (κ1) is 15.5. The van der Waals surface area contributed by atoms with E-state index in [1.165, 1.54) is 6.26 Å². The van der Waals surface area contributed by atoms with Crippen molar-refractivity contribution < 1.29 is 13.6 Å². The largest absolute Gasteiger partial charge is 0.218 e. The maximum Gasteiger partial charge on any atom is 0.199 e. The summed E-state index contributed by atoms with van der Waals surface area (Å²) >= 11 is 3.44. The SMILES string of the molecule is CC1(C)C(Br)=C(CSS(C)(=O)=O)C(C)(C)N1[O]. The molecule has 0 unspecified atom stereocenters. The Morgan fingerprint density at radius 3 is 2.00 bits per heavy atom. The molecule has 99 valence electrons. The maximum absolute atomic E-state index is 12.2. The van der Waals surface area contributed by atoms with Gasteiger partial charge in [-0.3, -0.25) is 0 Å². The molecular weight excluding hydrogens is 326 g/mol. The Hall–Kier alpha value is 0.440. The van der Waals surface area contributed by atoms with Crippen molar-refractivity contribution in [2.24, 2.45) is 0 Å². The number of halogens is 1. The van der Waals surface area contributed by atoms with Gasteiger partial charge in [-0.05, 0) is 44.1 Å². The van der Waals surface area contributed by atoms with Crippen LogP contribution in [0.1, 0.15) is 27.7 Å². The molecule has 4 nitrogen and oxygen atoms in total. The normalized spacial score (nSPS) is 24.4. The zero-order chi connectivity index (χ0) is 13.6. The molecule has 7 heteroatoms. The van der Waals surface area contributed by atoms with E-state index in [0.717, 1.165) is 25.9 Å². The fourth-order valence-electron chi connectivity index (χ4n) is 1.95. The number of hydrogen-bond acceptors (Lipinski definition) is 4. The van der Waals surface area contributed by atoms with Crippen LogP contribution in [-0.2, 0) is 14.1 Å². The minimum atomic E-state index is -3.10. The van der Waals surface area contributed by atoms with Crippen molar-refractivity contribution in [1.82, 2.24) is 5.06 Å². The van der Waals surface area contributed by atoms with Gasteiger partial charge < -0.3 is 0 Å². The molecule has 0 N–H and O–H groups in total. The predicted molar refractivity (Wildman–Crippen MR) is 73.9 cm³/mol. The van der Waals surface area contributed by atoms with Crippen molar-refractivity contribution in [1.29, 1.82) is 0 Å². The molecule has 0 aliphatic carbocycles. The summed E-state index contributed by atoms with van der Waals surface area (Å²) in [5, 5.41) is 13.2. The van der Waals surface area contributed by atoms with Crippen molar-refractivity contribution in [3.8, 4) is 0 Å². The molecule has 0 amide bonds. The van der Waals surface area contributed by atoms with Crippen molar-refractivity contribution in [2.45, 2.75) is 38.8 Å². The Kier molecular flexibility index (Phi) is 4.12. The molecule has 0 fully saturated rings. The van der Waals surface area contributed by atoms with E-state index in [0.29, 0.717) is 5.75 Å². The van der Waals surface area contributed by atoms with Crippen LogP contribution >= 0.6 is 26.7 Å². The molecule has 0 aromatic heterocycles. The Morgan fingerprint density at radius 1 is 1.24 bits per heavy atom. The van der Waals surface area contributed by atoms with Crippen LogP contribution in [-0.4, -0.2) is 36.6 Å². The first-order chi connectivity index (χ1) is 7.40. The predicted octanol–water partition coefficient (Wildman–Crippen LogP) is 2.55. The molecule has 1 aliphatic heterocycles. The third kappa shape index (κ3) is 2.89. The number of hydroxylamine groups is 2. The quantitative estimate of drug-likeness (QED) is 0.739. The second kappa shape index (κ2) is 4.52.